The zero-order chi connectivity index (χ0) is 13.2. The number of anilines is 1. The van der Waals surface area contributed by atoms with Gasteiger partial charge in [0.25, 0.3) is 0 Å². The van der Waals surface area contributed by atoms with E-state index in [-0.39, 0.29) is 0 Å². The standard InChI is InChI=1S/C16H16BrNS/c1-11-6-7-15(14(17)8-11)18-10-13-9-12-4-2-3-5-16(12)19-13/h2-8,13,18H,9-10H2,1H3. The van der Waals surface area contributed by atoms with Crippen LogP contribution in [0.3, 0.4) is 0 Å². The third-order valence-corrected chi connectivity index (χ3v) is 5.33. The van der Waals surface area contributed by atoms with Gasteiger partial charge < -0.3 is 5.32 Å². The van der Waals surface area contributed by atoms with Crippen LogP contribution in [0.5, 0.6) is 0 Å². The number of hydrogen-bond acceptors (Lipinski definition) is 2. The van der Waals surface area contributed by atoms with E-state index in [4.69, 9.17) is 0 Å². The van der Waals surface area contributed by atoms with E-state index in [1.54, 1.807) is 0 Å². The Hall–Kier alpha value is -0.930. The predicted molar refractivity (Wildman–Crippen MR) is 87.2 cm³/mol. The van der Waals surface area contributed by atoms with Gasteiger partial charge in [0, 0.05) is 26.9 Å². The van der Waals surface area contributed by atoms with Gasteiger partial charge in [-0.2, -0.15) is 0 Å². The first-order valence-electron chi connectivity index (χ1n) is 6.47. The average Bonchev–Trinajstić information content (AvgIpc) is 2.80. The van der Waals surface area contributed by atoms with Crippen molar-refractivity contribution in [3.63, 3.8) is 0 Å². The topological polar surface area (TPSA) is 12.0 Å². The number of hydrogen-bond donors (Lipinski definition) is 1. The second kappa shape index (κ2) is 5.59. The van der Waals surface area contributed by atoms with Crippen LogP contribution in [0.15, 0.2) is 51.8 Å². The highest BCUT2D eigenvalue weighted by Crippen LogP contribution is 2.37. The summed E-state index contributed by atoms with van der Waals surface area (Å²) in [6, 6.07) is 15.2. The molecule has 0 saturated heterocycles. The molecule has 3 rings (SSSR count). The first kappa shape index (κ1) is 13.1. The lowest BCUT2D eigenvalue weighted by atomic mass is 10.1. The highest BCUT2D eigenvalue weighted by atomic mass is 79.9. The van der Waals surface area contributed by atoms with E-state index in [0.717, 1.165) is 17.4 Å². The Balaban J connectivity index is 1.63. The zero-order valence-corrected chi connectivity index (χ0v) is 13.2. The van der Waals surface area contributed by atoms with Gasteiger partial charge in [-0.3, -0.25) is 0 Å². The maximum absolute atomic E-state index is 3.62. The van der Waals surface area contributed by atoms with Crippen molar-refractivity contribution in [1.82, 2.24) is 0 Å². The number of nitrogens with one attached hydrogen (secondary N) is 1. The van der Waals surface area contributed by atoms with Gasteiger partial charge in [0.2, 0.25) is 0 Å². The molecular weight excluding hydrogens is 318 g/mol. The molecule has 1 unspecified atom stereocenters. The van der Waals surface area contributed by atoms with Crippen molar-refractivity contribution in [2.75, 3.05) is 11.9 Å². The summed E-state index contributed by atoms with van der Waals surface area (Å²) < 4.78 is 1.15. The van der Waals surface area contributed by atoms with Crippen LogP contribution in [-0.4, -0.2) is 11.8 Å². The van der Waals surface area contributed by atoms with E-state index >= 15 is 0 Å². The summed E-state index contributed by atoms with van der Waals surface area (Å²) in [6.07, 6.45) is 1.16. The Morgan fingerprint density at radius 3 is 2.89 bits per heavy atom. The molecular formula is C16H16BrNS. The third kappa shape index (κ3) is 2.98. The zero-order valence-electron chi connectivity index (χ0n) is 10.8. The van der Waals surface area contributed by atoms with Crippen molar-refractivity contribution in [2.24, 2.45) is 0 Å². The number of halogens is 1. The Morgan fingerprint density at radius 2 is 2.11 bits per heavy atom. The number of aryl methyl sites for hydroxylation is 1. The quantitative estimate of drug-likeness (QED) is 0.858. The normalized spacial score (nSPS) is 17.3. The van der Waals surface area contributed by atoms with Crippen molar-refractivity contribution in [2.45, 2.75) is 23.5 Å². The van der Waals surface area contributed by atoms with Gasteiger partial charge in [-0.1, -0.05) is 24.3 Å². The minimum absolute atomic E-state index is 0.630. The van der Waals surface area contributed by atoms with Crippen LogP contribution in [0.1, 0.15) is 11.1 Å². The van der Waals surface area contributed by atoms with Crippen LogP contribution in [0.25, 0.3) is 0 Å². The fraction of sp³-hybridized carbons (Fsp3) is 0.250. The van der Waals surface area contributed by atoms with Crippen LogP contribution >= 0.6 is 27.7 Å². The van der Waals surface area contributed by atoms with Gasteiger partial charge >= 0.3 is 0 Å². The van der Waals surface area contributed by atoms with Gasteiger partial charge in [-0.15, -0.1) is 11.8 Å². The number of fused-ring (bicyclic) bond motifs is 1. The van der Waals surface area contributed by atoms with Crippen molar-refractivity contribution in [3.05, 3.63) is 58.1 Å². The van der Waals surface area contributed by atoms with E-state index in [0.29, 0.717) is 5.25 Å². The second-order valence-corrected chi connectivity index (χ2v) is 7.11. The molecule has 1 aliphatic rings. The summed E-state index contributed by atoms with van der Waals surface area (Å²) in [6.45, 7) is 3.11. The molecule has 1 aliphatic heterocycles. The molecule has 0 aromatic heterocycles. The van der Waals surface area contributed by atoms with E-state index in [1.165, 1.54) is 21.7 Å². The van der Waals surface area contributed by atoms with Crippen LogP contribution < -0.4 is 5.32 Å². The fourth-order valence-electron chi connectivity index (χ4n) is 2.36. The monoisotopic (exact) mass is 333 g/mol. The van der Waals surface area contributed by atoms with E-state index < -0.39 is 0 Å². The predicted octanol–water partition coefficient (Wildman–Crippen LogP) is 4.89. The lowest BCUT2D eigenvalue weighted by Crippen LogP contribution is -2.16. The van der Waals surface area contributed by atoms with E-state index in [1.807, 2.05) is 11.8 Å². The number of rotatable bonds is 3. The maximum Gasteiger partial charge on any atom is 0.0485 e. The highest BCUT2D eigenvalue weighted by molar-refractivity contribution is 9.10. The van der Waals surface area contributed by atoms with Crippen LogP contribution in [0.2, 0.25) is 0 Å². The minimum atomic E-state index is 0.630. The molecule has 2 aromatic carbocycles. The molecule has 1 atom stereocenters. The van der Waals surface area contributed by atoms with Crippen molar-refractivity contribution in [3.8, 4) is 0 Å². The maximum atomic E-state index is 3.62. The van der Waals surface area contributed by atoms with Crippen molar-refractivity contribution < 1.29 is 0 Å². The Bertz CT molecular complexity index is 572. The molecule has 3 heteroatoms. The molecule has 1 nitrogen and oxygen atoms in total. The lowest BCUT2D eigenvalue weighted by Gasteiger charge is -2.13. The molecule has 19 heavy (non-hydrogen) atoms. The molecule has 0 aliphatic carbocycles. The summed E-state index contributed by atoms with van der Waals surface area (Å²) in [4.78, 5) is 1.44. The van der Waals surface area contributed by atoms with Crippen LogP contribution in [0.4, 0.5) is 5.69 Å². The summed E-state index contributed by atoms with van der Waals surface area (Å²) in [7, 11) is 0. The van der Waals surface area contributed by atoms with E-state index in [9.17, 15) is 0 Å². The van der Waals surface area contributed by atoms with Crippen LogP contribution in [-0.2, 0) is 6.42 Å². The molecule has 1 N–H and O–H groups in total. The molecule has 0 radical (unpaired) electrons. The van der Waals surface area contributed by atoms with Gasteiger partial charge in [-0.05, 0) is 58.6 Å². The van der Waals surface area contributed by atoms with Crippen molar-refractivity contribution in [1.29, 1.82) is 0 Å². The van der Waals surface area contributed by atoms with Gasteiger partial charge in [0.1, 0.15) is 0 Å². The Labute approximate surface area is 126 Å². The first-order valence-corrected chi connectivity index (χ1v) is 8.14. The summed E-state index contributed by atoms with van der Waals surface area (Å²) in [5.74, 6) is 0. The number of thioether (sulfide) groups is 1. The average molecular weight is 334 g/mol. The molecule has 2 aromatic rings. The van der Waals surface area contributed by atoms with Gasteiger partial charge in [-0.25, -0.2) is 0 Å². The van der Waals surface area contributed by atoms with Crippen LogP contribution in [0, 0.1) is 6.92 Å². The molecule has 0 saturated carbocycles. The molecule has 0 bridgehead atoms. The largest absolute Gasteiger partial charge is 0.383 e. The first-order chi connectivity index (χ1) is 9.22. The molecule has 98 valence electrons. The summed E-state index contributed by atoms with van der Waals surface area (Å²) in [5.41, 5.74) is 3.95. The van der Waals surface area contributed by atoms with Crippen molar-refractivity contribution >= 4 is 33.4 Å². The third-order valence-electron chi connectivity index (χ3n) is 3.36. The minimum Gasteiger partial charge on any atom is -0.383 e. The Morgan fingerprint density at radius 1 is 1.26 bits per heavy atom. The van der Waals surface area contributed by atoms with Gasteiger partial charge in [0.05, 0.1) is 0 Å². The smallest absolute Gasteiger partial charge is 0.0485 e. The summed E-state index contributed by atoms with van der Waals surface area (Å²) >= 11 is 5.60. The van der Waals surface area contributed by atoms with Gasteiger partial charge in [0.15, 0.2) is 0 Å². The summed E-state index contributed by atoms with van der Waals surface area (Å²) in [5, 5.41) is 4.18. The molecule has 0 fully saturated rings. The molecule has 1 heterocycles. The van der Waals surface area contributed by atoms with E-state index in [2.05, 4.69) is 70.6 Å². The fourth-order valence-corrected chi connectivity index (χ4v) is 4.24. The molecule has 0 amide bonds. The molecule has 0 spiro atoms. The SMILES string of the molecule is Cc1ccc(NCC2Cc3ccccc3S2)c(Br)c1. The second-order valence-electron chi connectivity index (χ2n) is 4.92. The Kier molecular flexibility index (Phi) is 3.85. The highest BCUT2D eigenvalue weighted by Gasteiger charge is 2.21. The number of benzene rings is 2. The lowest BCUT2D eigenvalue weighted by molar-refractivity contribution is 0.898.